The minimum absolute atomic E-state index is 0.183. The lowest BCUT2D eigenvalue weighted by atomic mass is 10.1. The number of thioether (sulfide) groups is 2. The first-order chi connectivity index (χ1) is 12.8. The molecule has 0 aliphatic carbocycles. The summed E-state index contributed by atoms with van der Waals surface area (Å²) in [6, 6.07) is 8.33. The van der Waals surface area contributed by atoms with Crippen LogP contribution in [0.4, 0.5) is 0 Å². The van der Waals surface area contributed by atoms with Gasteiger partial charge in [0.1, 0.15) is 0 Å². The molecule has 0 radical (unpaired) electrons. The number of carbonyl (C=O) groups excluding carboxylic acids is 1. The number of hydrogen-bond acceptors (Lipinski definition) is 5. The molecular formula is C20H28N2O2S2. The van der Waals surface area contributed by atoms with Crippen molar-refractivity contribution in [2.24, 2.45) is 0 Å². The molecule has 0 unspecified atom stereocenters. The number of rotatable bonds is 4. The third kappa shape index (κ3) is 4.58. The highest BCUT2D eigenvalue weighted by molar-refractivity contribution is 8.19. The molecule has 1 atom stereocenters. The van der Waals surface area contributed by atoms with Crippen LogP contribution >= 0.6 is 23.5 Å². The zero-order valence-corrected chi connectivity index (χ0v) is 16.9. The van der Waals surface area contributed by atoms with Crippen LogP contribution in [-0.4, -0.2) is 72.6 Å². The minimum Gasteiger partial charge on any atom is -0.377 e. The van der Waals surface area contributed by atoms with Gasteiger partial charge >= 0.3 is 0 Å². The van der Waals surface area contributed by atoms with Crippen LogP contribution in [0.25, 0.3) is 0 Å². The van der Waals surface area contributed by atoms with E-state index in [1.54, 1.807) is 0 Å². The van der Waals surface area contributed by atoms with E-state index in [1.807, 2.05) is 40.6 Å². The monoisotopic (exact) mass is 392 g/mol. The Morgan fingerprint density at radius 3 is 2.58 bits per heavy atom. The molecule has 3 saturated heterocycles. The van der Waals surface area contributed by atoms with Crippen LogP contribution in [0.15, 0.2) is 24.3 Å². The van der Waals surface area contributed by atoms with E-state index < -0.39 is 0 Å². The fourth-order valence-electron chi connectivity index (χ4n) is 3.95. The summed E-state index contributed by atoms with van der Waals surface area (Å²) in [4.78, 5) is 17.4. The first-order valence-corrected chi connectivity index (χ1v) is 11.9. The molecule has 3 heterocycles. The summed E-state index contributed by atoms with van der Waals surface area (Å²) < 4.78 is 6.31. The zero-order valence-electron chi connectivity index (χ0n) is 15.3. The van der Waals surface area contributed by atoms with E-state index in [-0.39, 0.29) is 5.91 Å². The third-order valence-electron chi connectivity index (χ3n) is 5.41. The largest absolute Gasteiger partial charge is 0.377 e. The van der Waals surface area contributed by atoms with Gasteiger partial charge in [-0.2, -0.15) is 0 Å². The number of carbonyl (C=O) groups is 1. The van der Waals surface area contributed by atoms with Crippen LogP contribution in [-0.2, 0) is 4.74 Å². The maximum atomic E-state index is 12.9. The van der Waals surface area contributed by atoms with Gasteiger partial charge in [-0.3, -0.25) is 9.69 Å². The zero-order chi connectivity index (χ0) is 17.8. The van der Waals surface area contributed by atoms with E-state index in [0.717, 1.165) is 51.3 Å². The Kier molecular flexibility index (Phi) is 6.46. The van der Waals surface area contributed by atoms with Crippen molar-refractivity contribution >= 4 is 29.4 Å². The molecule has 0 aromatic heterocycles. The van der Waals surface area contributed by atoms with Gasteiger partial charge in [-0.05, 0) is 43.5 Å². The molecule has 4 rings (SSSR count). The van der Waals surface area contributed by atoms with Gasteiger partial charge in [-0.25, -0.2) is 0 Å². The molecule has 0 N–H and O–H groups in total. The Morgan fingerprint density at radius 1 is 1.04 bits per heavy atom. The summed E-state index contributed by atoms with van der Waals surface area (Å²) in [5.74, 6) is 2.64. The molecule has 1 amide bonds. The molecule has 1 aromatic rings. The highest BCUT2D eigenvalue weighted by Crippen LogP contribution is 2.45. The molecule has 3 fully saturated rings. The Bertz CT molecular complexity index is 598. The summed E-state index contributed by atoms with van der Waals surface area (Å²) in [5, 5.41) is 0. The van der Waals surface area contributed by atoms with E-state index in [4.69, 9.17) is 4.74 Å². The molecule has 0 saturated carbocycles. The van der Waals surface area contributed by atoms with Crippen LogP contribution in [0.2, 0.25) is 0 Å². The van der Waals surface area contributed by atoms with Crippen molar-refractivity contribution in [3.63, 3.8) is 0 Å². The van der Waals surface area contributed by atoms with Gasteiger partial charge in [-0.15, -0.1) is 23.5 Å². The van der Waals surface area contributed by atoms with Crippen molar-refractivity contribution < 1.29 is 9.53 Å². The van der Waals surface area contributed by atoms with Gasteiger partial charge < -0.3 is 9.64 Å². The predicted molar refractivity (Wildman–Crippen MR) is 110 cm³/mol. The second-order valence-electron chi connectivity index (χ2n) is 7.28. The van der Waals surface area contributed by atoms with Crippen molar-refractivity contribution in [1.29, 1.82) is 0 Å². The molecular weight excluding hydrogens is 364 g/mol. The van der Waals surface area contributed by atoms with Crippen LogP contribution in [0.5, 0.6) is 0 Å². The van der Waals surface area contributed by atoms with Crippen molar-refractivity contribution in [3.8, 4) is 0 Å². The molecule has 1 aromatic carbocycles. The topological polar surface area (TPSA) is 32.8 Å². The fraction of sp³-hybridized carbons (Fsp3) is 0.650. The predicted octanol–water partition coefficient (Wildman–Crippen LogP) is 3.49. The Labute approximate surface area is 165 Å². The standard InChI is InChI=1S/C20H28N2O2S2/c23-19(16-4-6-17(7-5-16)20-25-13-14-26-20)22-9-2-8-21(10-11-22)15-18-3-1-12-24-18/h4-7,18,20H,1-3,8-15H2/t18-/m0/s1. The van der Waals surface area contributed by atoms with Crippen molar-refractivity contribution in [3.05, 3.63) is 35.4 Å². The van der Waals surface area contributed by atoms with Gasteiger partial charge in [0.2, 0.25) is 0 Å². The van der Waals surface area contributed by atoms with E-state index in [1.165, 1.54) is 29.9 Å². The second-order valence-corrected chi connectivity index (χ2v) is 10.0. The summed E-state index contributed by atoms with van der Waals surface area (Å²) in [5.41, 5.74) is 2.17. The highest BCUT2D eigenvalue weighted by Gasteiger charge is 2.24. The minimum atomic E-state index is 0.183. The molecule has 4 nitrogen and oxygen atoms in total. The summed E-state index contributed by atoms with van der Waals surface area (Å²) in [6.07, 6.45) is 3.82. The average molecular weight is 393 g/mol. The quantitative estimate of drug-likeness (QED) is 0.783. The Morgan fingerprint density at radius 2 is 1.85 bits per heavy atom. The van der Waals surface area contributed by atoms with E-state index in [0.29, 0.717) is 10.7 Å². The molecule has 3 aliphatic rings. The van der Waals surface area contributed by atoms with E-state index in [2.05, 4.69) is 17.0 Å². The summed E-state index contributed by atoms with van der Waals surface area (Å²) >= 11 is 4.01. The van der Waals surface area contributed by atoms with Gasteiger partial charge in [0, 0.05) is 49.9 Å². The van der Waals surface area contributed by atoms with Gasteiger partial charge in [0.15, 0.2) is 0 Å². The smallest absolute Gasteiger partial charge is 0.253 e. The lowest BCUT2D eigenvalue weighted by molar-refractivity contribution is 0.0704. The van der Waals surface area contributed by atoms with Crippen molar-refractivity contribution in [2.45, 2.75) is 29.9 Å². The van der Waals surface area contributed by atoms with Crippen molar-refractivity contribution in [2.75, 3.05) is 50.8 Å². The second kappa shape index (κ2) is 9.00. The molecule has 26 heavy (non-hydrogen) atoms. The highest BCUT2D eigenvalue weighted by atomic mass is 32.2. The van der Waals surface area contributed by atoms with E-state index in [9.17, 15) is 4.79 Å². The number of ether oxygens (including phenoxy) is 1. The number of hydrogen-bond donors (Lipinski definition) is 0. The van der Waals surface area contributed by atoms with Gasteiger partial charge in [0.25, 0.3) is 5.91 Å². The maximum Gasteiger partial charge on any atom is 0.253 e. The van der Waals surface area contributed by atoms with Crippen molar-refractivity contribution in [1.82, 2.24) is 9.80 Å². The van der Waals surface area contributed by atoms with Crippen LogP contribution < -0.4 is 0 Å². The van der Waals surface area contributed by atoms with Gasteiger partial charge in [-0.1, -0.05) is 12.1 Å². The molecule has 6 heteroatoms. The fourth-order valence-corrected chi connectivity index (χ4v) is 6.81. The number of nitrogens with zero attached hydrogens (tertiary/aromatic N) is 2. The van der Waals surface area contributed by atoms with Crippen LogP contribution in [0, 0.1) is 0 Å². The SMILES string of the molecule is O=C(c1ccc(C2SCCS2)cc1)N1CCCN(C[C@@H]2CCCO2)CC1. The lowest BCUT2D eigenvalue weighted by Crippen LogP contribution is -2.37. The van der Waals surface area contributed by atoms with Crippen LogP contribution in [0.3, 0.4) is 0 Å². The molecule has 3 aliphatic heterocycles. The normalized spacial score (nSPS) is 25.5. The Hall–Kier alpha value is -0.690. The third-order valence-corrected chi connectivity index (χ3v) is 8.52. The number of benzene rings is 1. The molecule has 0 spiro atoms. The lowest BCUT2D eigenvalue weighted by Gasteiger charge is -2.24. The average Bonchev–Trinajstić information content (AvgIpc) is 3.33. The summed E-state index contributed by atoms with van der Waals surface area (Å²) in [6.45, 7) is 5.64. The first kappa shape index (κ1) is 18.7. The van der Waals surface area contributed by atoms with Crippen LogP contribution in [0.1, 0.15) is 39.8 Å². The first-order valence-electron chi connectivity index (χ1n) is 9.76. The molecule has 0 bridgehead atoms. The van der Waals surface area contributed by atoms with Gasteiger partial charge in [0.05, 0.1) is 10.7 Å². The Balaban J connectivity index is 1.32. The maximum absolute atomic E-state index is 12.9. The molecule has 142 valence electrons. The van der Waals surface area contributed by atoms with E-state index >= 15 is 0 Å². The summed E-state index contributed by atoms with van der Waals surface area (Å²) in [7, 11) is 0. The number of amides is 1.